The van der Waals surface area contributed by atoms with Crippen molar-refractivity contribution >= 4 is 38.6 Å². The number of phenols is 1. The molecule has 8 heteroatoms. The Labute approximate surface area is 204 Å². The Morgan fingerprint density at radius 2 is 1.66 bits per heavy atom. The van der Waals surface area contributed by atoms with Gasteiger partial charge in [-0.3, -0.25) is 9.10 Å². The highest BCUT2D eigenvalue weighted by Crippen LogP contribution is 2.26. The average Bonchev–Trinajstić information content (AvgIpc) is 2.86. The summed E-state index contributed by atoms with van der Waals surface area (Å²) in [6, 6.07) is 24.0. The van der Waals surface area contributed by atoms with Crippen LogP contribution in [-0.2, 0) is 14.8 Å². The van der Waals surface area contributed by atoms with Crippen LogP contribution in [0.15, 0.2) is 94.9 Å². The zero-order valence-corrected chi connectivity index (χ0v) is 20.2. The lowest BCUT2D eigenvalue weighted by atomic mass is 10.0. The first-order valence-electron chi connectivity index (χ1n) is 10.9. The summed E-state index contributed by atoms with van der Waals surface area (Å²) >= 11 is 0. The fourth-order valence-corrected chi connectivity index (χ4v) is 5.10. The third-order valence-corrected chi connectivity index (χ3v) is 7.52. The molecule has 0 aliphatic heterocycles. The van der Waals surface area contributed by atoms with Crippen molar-refractivity contribution in [2.75, 3.05) is 10.8 Å². The Morgan fingerprint density at radius 3 is 2.40 bits per heavy atom. The molecule has 2 N–H and O–H groups in total. The van der Waals surface area contributed by atoms with Crippen LogP contribution in [-0.4, -0.2) is 32.2 Å². The fourth-order valence-electron chi connectivity index (χ4n) is 3.67. The summed E-state index contributed by atoms with van der Waals surface area (Å²) in [5, 5.41) is 15.9. The normalized spacial score (nSPS) is 11.6. The molecule has 4 aromatic carbocycles. The number of amides is 1. The summed E-state index contributed by atoms with van der Waals surface area (Å²) in [6.45, 7) is 3.34. The lowest BCUT2D eigenvalue weighted by molar-refractivity contribution is -0.119. The standard InChI is InChI=1S/C27H25N3O4S/c1-19-12-14-22(16-20(19)2)30(35(33,34)23-9-4-3-5-10-23)18-27(32)29-28-17-25-24-11-7-6-8-21(24)13-15-26(25)31/h3-17,31H,18H2,1-2H3,(H,29,32)/b28-17-. The molecule has 0 aromatic heterocycles. The number of hydrazone groups is 1. The molecule has 4 aromatic rings. The second-order valence-electron chi connectivity index (χ2n) is 8.11. The predicted octanol–water partition coefficient (Wildman–Crippen LogP) is 4.51. The van der Waals surface area contributed by atoms with Crippen molar-refractivity contribution < 1.29 is 18.3 Å². The topological polar surface area (TPSA) is 99.1 Å². The molecule has 0 spiro atoms. The molecule has 0 fully saturated rings. The van der Waals surface area contributed by atoms with Gasteiger partial charge in [-0.1, -0.05) is 54.6 Å². The van der Waals surface area contributed by atoms with Crippen LogP contribution in [0.1, 0.15) is 16.7 Å². The van der Waals surface area contributed by atoms with Crippen LogP contribution in [0, 0.1) is 13.8 Å². The van der Waals surface area contributed by atoms with Gasteiger partial charge >= 0.3 is 0 Å². The van der Waals surface area contributed by atoms with Gasteiger partial charge in [0.1, 0.15) is 12.3 Å². The molecule has 0 aliphatic carbocycles. The molecule has 178 valence electrons. The first-order valence-corrected chi connectivity index (χ1v) is 12.4. The molecular formula is C27H25N3O4S. The molecule has 0 radical (unpaired) electrons. The van der Waals surface area contributed by atoms with Gasteiger partial charge in [0.2, 0.25) is 0 Å². The summed E-state index contributed by atoms with van der Waals surface area (Å²) in [7, 11) is -4.01. The number of carbonyl (C=O) groups excluding carboxylic acids is 1. The highest BCUT2D eigenvalue weighted by atomic mass is 32.2. The number of hydrogen-bond donors (Lipinski definition) is 2. The quantitative estimate of drug-likeness (QED) is 0.296. The van der Waals surface area contributed by atoms with Crippen LogP contribution in [0.5, 0.6) is 5.75 Å². The molecule has 0 saturated carbocycles. The summed E-state index contributed by atoms with van der Waals surface area (Å²) in [5.74, 6) is -0.608. The predicted molar refractivity (Wildman–Crippen MR) is 138 cm³/mol. The molecule has 7 nitrogen and oxygen atoms in total. The number of aromatic hydroxyl groups is 1. The number of aryl methyl sites for hydroxylation is 2. The number of benzene rings is 4. The largest absolute Gasteiger partial charge is 0.507 e. The number of nitrogens with zero attached hydrogens (tertiary/aromatic N) is 2. The van der Waals surface area contributed by atoms with Gasteiger partial charge in [-0.2, -0.15) is 5.10 Å². The van der Waals surface area contributed by atoms with E-state index in [-0.39, 0.29) is 10.6 Å². The van der Waals surface area contributed by atoms with E-state index in [0.717, 1.165) is 26.2 Å². The maximum atomic E-state index is 13.4. The number of anilines is 1. The van der Waals surface area contributed by atoms with Crippen molar-refractivity contribution in [2.24, 2.45) is 5.10 Å². The van der Waals surface area contributed by atoms with E-state index in [1.807, 2.05) is 44.2 Å². The lowest BCUT2D eigenvalue weighted by Gasteiger charge is -2.24. The van der Waals surface area contributed by atoms with Crippen LogP contribution < -0.4 is 9.73 Å². The number of rotatable bonds is 7. The van der Waals surface area contributed by atoms with Crippen molar-refractivity contribution in [3.05, 3.63) is 102 Å². The second kappa shape index (κ2) is 9.99. The van der Waals surface area contributed by atoms with Crippen LogP contribution in [0.25, 0.3) is 10.8 Å². The Kier molecular flexibility index (Phi) is 6.84. The molecule has 0 bridgehead atoms. The Hall–Kier alpha value is -4.17. The van der Waals surface area contributed by atoms with Gasteiger partial charge in [0, 0.05) is 5.56 Å². The van der Waals surface area contributed by atoms with Gasteiger partial charge in [0.15, 0.2) is 0 Å². The molecule has 0 atom stereocenters. The number of nitrogens with one attached hydrogen (secondary N) is 1. The molecule has 0 heterocycles. The van der Waals surface area contributed by atoms with Gasteiger partial charge in [0.05, 0.1) is 16.8 Å². The van der Waals surface area contributed by atoms with E-state index in [0.29, 0.717) is 11.3 Å². The third kappa shape index (κ3) is 5.17. The second-order valence-corrected chi connectivity index (χ2v) is 9.97. The van der Waals surface area contributed by atoms with Crippen LogP contribution in [0.4, 0.5) is 5.69 Å². The molecular weight excluding hydrogens is 462 g/mol. The monoisotopic (exact) mass is 487 g/mol. The number of sulfonamides is 1. The fraction of sp³-hybridized carbons (Fsp3) is 0.111. The first-order chi connectivity index (χ1) is 16.8. The number of carbonyl (C=O) groups is 1. The molecule has 0 aliphatic rings. The van der Waals surface area contributed by atoms with Gasteiger partial charge in [-0.15, -0.1) is 0 Å². The zero-order valence-electron chi connectivity index (χ0n) is 19.3. The van der Waals surface area contributed by atoms with Crippen molar-refractivity contribution in [1.82, 2.24) is 5.43 Å². The van der Waals surface area contributed by atoms with E-state index in [2.05, 4.69) is 10.5 Å². The van der Waals surface area contributed by atoms with E-state index in [1.165, 1.54) is 18.3 Å². The smallest absolute Gasteiger partial charge is 0.264 e. The van der Waals surface area contributed by atoms with Crippen molar-refractivity contribution in [2.45, 2.75) is 18.7 Å². The van der Waals surface area contributed by atoms with E-state index in [4.69, 9.17) is 0 Å². The minimum absolute atomic E-state index is 0.0186. The summed E-state index contributed by atoms with van der Waals surface area (Å²) in [4.78, 5) is 12.9. The number of hydrogen-bond acceptors (Lipinski definition) is 5. The van der Waals surface area contributed by atoms with Crippen LogP contribution in [0.2, 0.25) is 0 Å². The molecule has 1 amide bonds. The molecule has 0 unspecified atom stereocenters. The molecule has 35 heavy (non-hydrogen) atoms. The Bertz CT molecular complexity index is 1520. The van der Waals surface area contributed by atoms with Gasteiger partial charge < -0.3 is 5.11 Å². The number of phenolic OH excluding ortho intramolecular Hbond substituents is 1. The summed E-state index contributed by atoms with van der Waals surface area (Å²) in [6.07, 6.45) is 1.35. The Morgan fingerprint density at radius 1 is 0.943 bits per heavy atom. The van der Waals surface area contributed by atoms with Gasteiger partial charge in [-0.05, 0) is 66.1 Å². The third-order valence-electron chi connectivity index (χ3n) is 5.73. The van der Waals surface area contributed by atoms with Crippen molar-refractivity contribution in [3.8, 4) is 5.75 Å². The Balaban J connectivity index is 1.61. The minimum atomic E-state index is -4.01. The molecule has 4 rings (SSSR count). The van der Waals surface area contributed by atoms with Crippen LogP contribution in [0.3, 0.4) is 0 Å². The summed E-state index contributed by atoms with van der Waals surface area (Å²) < 4.78 is 27.9. The van der Waals surface area contributed by atoms with E-state index < -0.39 is 22.5 Å². The van der Waals surface area contributed by atoms with Gasteiger partial charge in [-0.25, -0.2) is 13.8 Å². The highest BCUT2D eigenvalue weighted by molar-refractivity contribution is 7.92. The maximum Gasteiger partial charge on any atom is 0.264 e. The molecule has 0 saturated heterocycles. The minimum Gasteiger partial charge on any atom is -0.507 e. The lowest BCUT2D eigenvalue weighted by Crippen LogP contribution is -2.39. The maximum absolute atomic E-state index is 13.4. The zero-order chi connectivity index (χ0) is 25.0. The SMILES string of the molecule is Cc1ccc(N(CC(=O)N/N=C\c2c(O)ccc3ccccc23)S(=O)(=O)c2ccccc2)cc1C. The van der Waals surface area contributed by atoms with Crippen molar-refractivity contribution in [1.29, 1.82) is 0 Å². The van der Waals surface area contributed by atoms with Gasteiger partial charge in [0.25, 0.3) is 15.9 Å². The van der Waals surface area contributed by atoms with Crippen molar-refractivity contribution in [3.63, 3.8) is 0 Å². The van der Waals surface area contributed by atoms with Crippen LogP contribution >= 0.6 is 0 Å². The number of fused-ring (bicyclic) bond motifs is 1. The van der Waals surface area contributed by atoms with E-state index >= 15 is 0 Å². The average molecular weight is 488 g/mol. The highest BCUT2D eigenvalue weighted by Gasteiger charge is 2.27. The first kappa shape index (κ1) is 24.0. The van der Waals surface area contributed by atoms with E-state index in [1.54, 1.807) is 42.5 Å². The van der Waals surface area contributed by atoms with E-state index in [9.17, 15) is 18.3 Å². The summed E-state index contributed by atoms with van der Waals surface area (Å²) in [5.41, 5.74) is 5.13.